The molecule has 1 aromatic carbocycles. The first-order chi connectivity index (χ1) is 18.0. The predicted molar refractivity (Wildman–Crippen MR) is 144 cm³/mol. The number of ether oxygens (including phenoxy) is 2. The van der Waals surface area contributed by atoms with E-state index in [9.17, 15) is 4.79 Å². The van der Waals surface area contributed by atoms with Crippen molar-refractivity contribution < 1.29 is 14.3 Å². The zero-order valence-corrected chi connectivity index (χ0v) is 22.5. The molecule has 1 saturated heterocycles. The van der Waals surface area contributed by atoms with Crippen molar-refractivity contribution in [3.63, 3.8) is 0 Å². The minimum absolute atomic E-state index is 0.113. The third-order valence-corrected chi connectivity index (χ3v) is 8.20. The number of hydrogen-bond donors (Lipinski definition) is 1. The molecule has 1 aliphatic heterocycles. The minimum atomic E-state index is 0.113. The van der Waals surface area contributed by atoms with E-state index >= 15 is 0 Å². The second-order valence-electron chi connectivity index (χ2n) is 10.5. The van der Waals surface area contributed by atoms with Gasteiger partial charge in [-0.25, -0.2) is 9.50 Å². The Hall–Kier alpha value is -3.13. The second kappa shape index (κ2) is 11.1. The molecule has 1 amide bonds. The molecule has 1 N–H and O–H groups in total. The van der Waals surface area contributed by atoms with Crippen LogP contribution >= 0.6 is 0 Å². The van der Waals surface area contributed by atoms with E-state index in [1.54, 1.807) is 14.2 Å². The van der Waals surface area contributed by atoms with Gasteiger partial charge in [0.1, 0.15) is 11.5 Å². The Morgan fingerprint density at radius 3 is 2.68 bits per heavy atom. The summed E-state index contributed by atoms with van der Waals surface area (Å²) in [5.74, 6) is 2.11. The summed E-state index contributed by atoms with van der Waals surface area (Å²) in [5.41, 5.74) is 5.47. The molecule has 2 fully saturated rings. The Balaban J connectivity index is 1.22. The van der Waals surface area contributed by atoms with E-state index < -0.39 is 0 Å². The van der Waals surface area contributed by atoms with Crippen LogP contribution in [0.15, 0.2) is 24.3 Å². The molecule has 0 radical (unpaired) electrons. The molecule has 1 saturated carbocycles. The maximum absolute atomic E-state index is 12.7. The molecule has 2 aliphatic rings. The summed E-state index contributed by atoms with van der Waals surface area (Å²) in [4.78, 5) is 20.2. The van der Waals surface area contributed by atoms with Crippen LogP contribution in [-0.2, 0) is 11.2 Å². The van der Waals surface area contributed by atoms with Crippen LogP contribution in [0.25, 0.3) is 16.9 Å². The van der Waals surface area contributed by atoms with Crippen LogP contribution in [0.3, 0.4) is 0 Å². The van der Waals surface area contributed by atoms with E-state index in [1.807, 2.05) is 42.6 Å². The normalized spacial score (nSPS) is 18.5. The number of carbonyl (C=O) groups excluding carboxylic acids is 1. The van der Waals surface area contributed by atoms with Crippen molar-refractivity contribution in [3.05, 3.63) is 41.2 Å². The van der Waals surface area contributed by atoms with Gasteiger partial charge in [0, 0.05) is 54.6 Å². The van der Waals surface area contributed by atoms with E-state index in [2.05, 4.69) is 10.2 Å². The predicted octanol–water partition coefficient (Wildman–Crippen LogP) is 4.34. The Bertz CT molecular complexity index is 1260. The third-order valence-electron chi connectivity index (χ3n) is 8.20. The number of likely N-dealkylation sites (tertiary alicyclic amines) is 1. The van der Waals surface area contributed by atoms with Crippen LogP contribution in [0.1, 0.15) is 55.5 Å². The molecule has 0 bridgehead atoms. The zero-order valence-electron chi connectivity index (χ0n) is 22.5. The Kier molecular flexibility index (Phi) is 7.65. The number of methoxy groups -OCH3 is 2. The SMILES string of the molecule is COc1ccc(-c2cc3nc(C)c(CCC(=O)NCC4CCN(C5CCCC5)C4)c(C)n3n2)c(OC)c1. The van der Waals surface area contributed by atoms with Crippen LogP contribution < -0.4 is 14.8 Å². The summed E-state index contributed by atoms with van der Waals surface area (Å²) in [6.07, 6.45) is 7.73. The topological polar surface area (TPSA) is 81.0 Å². The van der Waals surface area contributed by atoms with Crippen LogP contribution in [0, 0.1) is 19.8 Å². The van der Waals surface area contributed by atoms with Gasteiger partial charge in [-0.1, -0.05) is 12.8 Å². The van der Waals surface area contributed by atoms with Crippen LogP contribution in [0.5, 0.6) is 11.5 Å². The maximum atomic E-state index is 12.7. The first-order valence-corrected chi connectivity index (χ1v) is 13.6. The standard InChI is InChI=1S/C29H39N5O3/c1-19-24(11-12-29(35)30-17-21-13-14-33(18-21)22-7-5-6-8-22)20(2)34-28(31-19)16-26(32-34)25-10-9-23(36-3)15-27(25)37-4/h9-10,15-16,21-22H,5-8,11-14,17-18H2,1-4H3,(H,30,35). The highest BCUT2D eigenvalue weighted by Crippen LogP contribution is 2.33. The summed E-state index contributed by atoms with van der Waals surface area (Å²) in [6, 6.07) is 8.45. The largest absolute Gasteiger partial charge is 0.497 e. The smallest absolute Gasteiger partial charge is 0.220 e. The Morgan fingerprint density at radius 1 is 1.11 bits per heavy atom. The molecule has 198 valence electrons. The number of rotatable bonds is 9. The van der Waals surface area contributed by atoms with E-state index in [-0.39, 0.29) is 5.91 Å². The molecular formula is C29H39N5O3. The van der Waals surface area contributed by atoms with Crippen LogP contribution in [0.4, 0.5) is 0 Å². The summed E-state index contributed by atoms with van der Waals surface area (Å²) < 4.78 is 12.8. The van der Waals surface area contributed by atoms with Gasteiger partial charge in [-0.15, -0.1) is 0 Å². The second-order valence-corrected chi connectivity index (χ2v) is 10.5. The van der Waals surface area contributed by atoms with E-state index in [4.69, 9.17) is 19.6 Å². The first-order valence-electron chi connectivity index (χ1n) is 13.6. The fourth-order valence-corrected chi connectivity index (χ4v) is 6.05. The number of carbonyl (C=O) groups is 1. The van der Waals surface area contributed by atoms with Crippen LogP contribution in [-0.4, -0.2) is 65.3 Å². The molecular weight excluding hydrogens is 466 g/mol. The van der Waals surface area contributed by atoms with Gasteiger partial charge in [-0.2, -0.15) is 5.10 Å². The van der Waals surface area contributed by atoms with E-state index in [0.717, 1.165) is 58.7 Å². The maximum Gasteiger partial charge on any atom is 0.220 e. The van der Waals surface area contributed by atoms with Gasteiger partial charge in [-0.3, -0.25) is 4.79 Å². The third kappa shape index (κ3) is 5.44. The monoisotopic (exact) mass is 505 g/mol. The van der Waals surface area contributed by atoms with Gasteiger partial charge < -0.3 is 19.7 Å². The van der Waals surface area contributed by atoms with Crippen molar-refractivity contribution in [1.29, 1.82) is 0 Å². The highest BCUT2D eigenvalue weighted by atomic mass is 16.5. The van der Waals surface area contributed by atoms with Gasteiger partial charge in [0.25, 0.3) is 0 Å². The molecule has 3 heterocycles. The highest BCUT2D eigenvalue weighted by molar-refractivity contribution is 5.76. The fraction of sp³-hybridized carbons (Fsp3) is 0.552. The molecule has 1 aliphatic carbocycles. The Labute approximate surface area is 219 Å². The number of nitrogens with zero attached hydrogens (tertiary/aromatic N) is 4. The van der Waals surface area contributed by atoms with Gasteiger partial charge in [0.05, 0.1) is 19.9 Å². The lowest BCUT2D eigenvalue weighted by molar-refractivity contribution is -0.121. The number of aromatic nitrogens is 3. The molecule has 37 heavy (non-hydrogen) atoms. The molecule has 1 unspecified atom stereocenters. The van der Waals surface area contributed by atoms with E-state index in [1.165, 1.54) is 38.6 Å². The number of fused-ring (bicyclic) bond motifs is 1. The van der Waals surface area contributed by atoms with Crippen molar-refractivity contribution in [2.24, 2.45) is 5.92 Å². The van der Waals surface area contributed by atoms with Gasteiger partial charge >= 0.3 is 0 Å². The van der Waals surface area contributed by atoms with Crippen molar-refractivity contribution in [3.8, 4) is 22.8 Å². The fourth-order valence-electron chi connectivity index (χ4n) is 6.05. The highest BCUT2D eigenvalue weighted by Gasteiger charge is 2.30. The lowest BCUT2D eigenvalue weighted by Crippen LogP contribution is -2.34. The van der Waals surface area contributed by atoms with Gasteiger partial charge in [0.15, 0.2) is 5.65 Å². The molecule has 5 rings (SSSR count). The molecule has 1 atom stereocenters. The lowest BCUT2D eigenvalue weighted by atomic mass is 10.1. The number of aryl methyl sites for hydroxylation is 2. The van der Waals surface area contributed by atoms with Gasteiger partial charge in [-0.05, 0) is 69.7 Å². The average Bonchev–Trinajstić information content (AvgIpc) is 3.67. The quantitative estimate of drug-likeness (QED) is 0.466. The number of hydrogen-bond acceptors (Lipinski definition) is 6. The van der Waals surface area contributed by atoms with Crippen molar-refractivity contribution in [2.45, 2.75) is 64.8 Å². The van der Waals surface area contributed by atoms with Crippen molar-refractivity contribution >= 4 is 11.6 Å². The lowest BCUT2D eigenvalue weighted by Gasteiger charge is -2.23. The molecule has 0 spiro atoms. The Morgan fingerprint density at radius 2 is 1.92 bits per heavy atom. The molecule has 2 aromatic heterocycles. The van der Waals surface area contributed by atoms with Crippen LogP contribution in [0.2, 0.25) is 0 Å². The summed E-state index contributed by atoms with van der Waals surface area (Å²) in [6.45, 7) is 7.15. The molecule has 3 aromatic rings. The zero-order chi connectivity index (χ0) is 25.9. The molecule has 8 nitrogen and oxygen atoms in total. The first kappa shape index (κ1) is 25.5. The van der Waals surface area contributed by atoms with Crippen molar-refractivity contribution in [2.75, 3.05) is 33.9 Å². The van der Waals surface area contributed by atoms with Gasteiger partial charge in [0.2, 0.25) is 5.91 Å². The summed E-state index contributed by atoms with van der Waals surface area (Å²) in [5, 5.41) is 8.03. The molecule has 8 heteroatoms. The average molecular weight is 506 g/mol. The van der Waals surface area contributed by atoms with E-state index in [0.29, 0.717) is 24.5 Å². The minimum Gasteiger partial charge on any atom is -0.497 e. The van der Waals surface area contributed by atoms with Crippen molar-refractivity contribution in [1.82, 2.24) is 24.8 Å². The summed E-state index contributed by atoms with van der Waals surface area (Å²) in [7, 11) is 3.28. The number of nitrogens with one attached hydrogen (secondary N) is 1. The number of benzene rings is 1. The number of amides is 1. The summed E-state index contributed by atoms with van der Waals surface area (Å²) >= 11 is 0.